The number of hydrogen-bond acceptors (Lipinski definition) is 6. The van der Waals surface area contributed by atoms with Crippen molar-refractivity contribution in [3.8, 4) is 0 Å². The van der Waals surface area contributed by atoms with Crippen LogP contribution in [0.1, 0.15) is 118 Å². The van der Waals surface area contributed by atoms with Gasteiger partial charge in [-0.25, -0.2) is 15.0 Å². The van der Waals surface area contributed by atoms with E-state index in [4.69, 9.17) is 15.0 Å². The summed E-state index contributed by atoms with van der Waals surface area (Å²) < 4.78 is 0. The third kappa shape index (κ3) is 13.3. The zero-order valence-electron chi connectivity index (χ0n) is 45.2. The van der Waals surface area contributed by atoms with Crippen molar-refractivity contribution in [2.45, 2.75) is 80.1 Å². The highest BCUT2D eigenvalue weighted by atomic mass is 14.8. The van der Waals surface area contributed by atoms with Crippen molar-refractivity contribution in [3.05, 3.63) is 214 Å². The predicted octanol–water partition coefficient (Wildman–Crippen LogP) is 17.4. The van der Waals surface area contributed by atoms with Gasteiger partial charge < -0.3 is 29.9 Å². The Kier molecular flexibility index (Phi) is 16.3. The van der Waals surface area contributed by atoms with Gasteiger partial charge in [-0.1, -0.05) is 41.5 Å². The molecule has 402 valence electrons. The minimum absolute atomic E-state index is 0. The predicted molar refractivity (Wildman–Crippen MR) is 339 cm³/mol. The molecule has 12 heteroatoms. The molecule has 15 heterocycles. The quantitative estimate of drug-likeness (QED) is 0.0882. The molecule has 24 bridgehead atoms. The third-order valence-electron chi connectivity index (χ3n) is 13.0. The molecule has 12 nitrogen and oxygen atoms in total. The SMILES string of the molecule is C1=Cc2cc3ccc(cc4ccc(cc5nc(cc1n2)C=C5)[nH]4)[nH]3.C1=Cc2cc3ccc(cc4nc(cc5ccc(cc1n2)[nH]5)CC4)[nH]3.CC.CC.CC.[HH].[HH].[HH].[HH].[HH].[HH].c1cc2cc3nc(cc4ccc(cc5nc(cc1[nH]2)CC5)[nH]4)CC3. The summed E-state index contributed by atoms with van der Waals surface area (Å²) in [5.74, 6) is 0. The number of aromatic nitrogens is 12. The molecule has 0 aliphatic carbocycles. The zero-order valence-corrected chi connectivity index (χ0v) is 45.2. The van der Waals surface area contributed by atoms with Gasteiger partial charge in [-0.3, -0.25) is 15.0 Å². The van der Waals surface area contributed by atoms with Gasteiger partial charge in [0.2, 0.25) is 0 Å². The number of rotatable bonds is 0. The minimum Gasteiger partial charge on any atom is -0.355 e. The fourth-order valence-corrected chi connectivity index (χ4v) is 9.57. The van der Waals surface area contributed by atoms with Crippen molar-refractivity contribution < 1.29 is 8.56 Å². The highest BCUT2D eigenvalue weighted by molar-refractivity contribution is 5.78. The molecule has 0 fully saturated rings. The first-order chi connectivity index (χ1) is 38.4. The van der Waals surface area contributed by atoms with Crippen molar-refractivity contribution in [2.75, 3.05) is 0 Å². The van der Waals surface area contributed by atoms with Gasteiger partial charge in [0.1, 0.15) is 0 Å². The molecular weight excluding hydrogens is 961 g/mol. The van der Waals surface area contributed by atoms with E-state index in [1.807, 2.05) is 96.2 Å². The number of aryl methyl sites for hydroxylation is 6. The first-order valence-electron chi connectivity index (χ1n) is 27.4. The maximum Gasteiger partial charge on any atom is 0.0659 e. The van der Waals surface area contributed by atoms with Crippen molar-refractivity contribution in [2.24, 2.45) is 0 Å². The molecule has 0 saturated carbocycles. The molecule has 0 spiro atoms. The van der Waals surface area contributed by atoms with Crippen LogP contribution < -0.4 is 0 Å². The van der Waals surface area contributed by atoms with Crippen LogP contribution in [0.3, 0.4) is 0 Å². The van der Waals surface area contributed by atoms with Crippen molar-refractivity contribution >= 4 is 103 Å². The van der Waals surface area contributed by atoms with E-state index in [1.54, 1.807) is 0 Å². The van der Waals surface area contributed by atoms with Crippen LogP contribution in [0, 0.1) is 0 Å². The van der Waals surface area contributed by atoms with Crippen LogP contribution in [-0.2, 0) is 38.5 Å². The molecule has 78 heavy (non-hydrogen) atoms. The van der Waals surface area contributed by atoms with Crippen molar-refractivity contribution in [1.82, 2.24) is 59.8 Å². The van der Waals surface area contributed by atoms with Crippen molar-refractivity contribution in [3.63, 3.8) is 0 Å². The van der Waals surface area contributed by atoms with Crippen molar-refractivity contribution in [1.29, 1.82) is 0 Å². The number of aromatic amines is 6. The topological polar surface area (TPSA) is 172 Å². The van der Waals surface area contributed by atoms with Gasteiger partial charge >= 0.3 is 0 Å². The zero-order chi connectivity index (χ0) is 53.8. The highest BCUT2D eigenvalue weighted by Gasteiger charge is 2.10. The molecule has 0 radical (unpaired) electrons. The summed E-state index contributed by atoms with van der Waals surface area (Å²) in [4.78, 5) is 48.6. The monoisotopic (exact) mass is 1040 g/mol. The van der Waals surface area contributed by atoms with Gasteiger partial charge in [0.25, 0.3) is 0 Å². The average molecular weight is 1040 g/mol. The fourth-order valence-electron chi connectivity index (χ4n) is 9.57. The number of H-pyrrole nitrogens is 6. The number of nitrogens with one attached hydrogen (secondary N) is 6. The van der Waals surface area contributed by atoms with Crippen LogP contribution in [0.25, 0.3) is 103 Å². The lowest BCUT2D eigenvalue weighted by atomic mass is 10.2. The van der Waals surface area contributed by atoms with Crippen LogP contribution in [0.5, 0.6) is 0 Å². The normalized spacial score (nSPS) is 12.5. The summed E-state index contributed by atoms with van der Waals surface area (Å²) in [5.41, 5.74) is 25.2. The molecule has 0 saturated heterocycles. The molecule has 9 aromatic rings. The first-order valence-corrected chi connectivity index (χ1v) is 27.4. The maximum absolute atomic E-state index is 4.76. The smallest absolute Gasteiger partial charge is 0.0659 e. The number of nitrogens with zero attached hydrogens (tertiary/aromatic N) is 6. The Morgan fingerprint density at radius 2 is 0.385 bits per heavy atom. The molecular formula is C66H78N12. The second kappa shape index (κ2) is 24.5. The van der Waals surface area contributed by atoms with E-state index in [2.05, 4.69) is 172 Å². The maximum atomic E-state index is 4.76. The summed E-state index contributed by atoms with van der Waals surface area (Å²) >= 11 is 0. The van der Waals surface area contributed by atoms with E-state index < -0.39 is 0 Å². The molecule has 6 aliphatic rings. The lowest BCUT2D eigenvalue weighted by Crippen LogP contribution is -1.78. The van der Waals surface area contributed by atoms with E-state index in [9.17, 15) is 0 Å². The molecule has 15 rings (SSSR count). The largest absolute Gasteiger partial charge is 0.355 e. The Labute approximate surface area is 463 Å². The Morgan fingerprint density at radius 3 is 0.590 bits per heavy atom. The molecule has 9 aromatic heterocycles. The van der Waals surface area contributed by atoms with E-state index in [0.29, 0.717) is 0 Å². The first kappa shape index (κ1) is 52.0. The van der Waals surface area contributed by atoms with Gasteiger partial charge in [0.05, 0.1) is 34.2 Å². The van der Waals surface area contributed by atoms with Gasteiger partial charge in [-0.05, 0) is 221 Å². The Bertz CT molecular complexity index is 3900. The van der Waals surface area contributed by atoms with Crippen LogP contribution in [-0.4, -0.2) is 59.8 Å². The Hall–Kier alpha value is -9.42. The summed E-state index contributed by atoms with van der Waals surface area (Å²) in [5, 5.41) is 0. The lowest BCUT2D eigenvalue weighted by Gasteiger charge is -1.86. The number of hydrogen-bond donors (Lipinski definition) is 6. The fraction of sp³-hybridized carbons (Fsp3) is 0.182. The molecule has 0 atom stereocenters. The van der Waals surface area contributed by atoms with Gasteiger partial charge in [0, 0.05) is 109 Å². The van der Waals surface area contributed by atoms with E-state index in [-0.39, 0.29) is 8.56 Å². The van der Waals surface area contributed by atoms with Gasteiger partial charge in [-0.2, -0.15) is 0 Å². The summed E-state index contributed by atoms with van der Waals surface area (Å²) in [7, 11) is 0. The second-order valence-corrected chi connectivity index (χ2v) is 18.6. The second-order valence-electron chi connectivity index (χ2n) is 18.6. The van der Waals surface area contributed by atoms with Crippen LogP contribution in [0.4, 0.5) is 0 Å². The molecule has 6 aliphatic heterocycles. The highest BCUT2D eigenvalue weighted by Crippen LogP contribution is 2.21. The molecule has 0 aromatic carbocycles. The van der Waals surface area contributed by atoms with Gasteiger partial charge in [0.15, 0.2) is 0 Å². The average Bonchev–Trinajstić information content (AvgIpc) is 4.37. The standard InChI is InChI=1S/C20H18N4.C20H16N4.C20H14N4.3C2H6.6H2/c3*1-2-14-10-16-5-6-18(23-16)12-20-8-7-19(24-20)11-17-4-3-15(22-17)9-13(1)21-14;3*1-2;;;;;;/h1-2,7-12,21,24H,3-6H2;1-6,9-12,22-23H,7-8H2;1-12,21-22H;3*1-2H3;6*1H. The van der Waals surface area contributed by atoms with Crippen LogP contribution in [0.2, 0.25) is 0 Å². The summed E-state index contributed by atoms with van der Waals surface area (Å²) in [6.07, 6.45) is 18.1. The molecule has 0 amide bonds. The lowest BCUT2D eigenvalue weighted by molar-refractivity contribution is 1.02. The summed E-state index contributed by atoms with van der Waals surface area (Å²) in [6, 6.07) is 50.1. The van der Waals surface area contributed by atoms with E-state index >= 15 is 0 Å². The Morgan fingerprint density at radius 1 is 0.218 bits per heavy atom. The summed E-state index contributed by atoms with van der Waals surface area (Å²) in [6.45, 7) is 12.0. The van der Waals surface area contributed by atoms with E-state index in [0.717, 1.165) is 173 Å². The van der Waals surface area contributed by atoms with E-state index in [1.165, 1.54) is 0 Å². The van der Waals surface area contributed by atoms with Gasteiger partial charge in [-0.15, -0.1) is 0 Å². The molecule has 6 N–H and O–H groups in total. The minimum atomic E-state index is 0. The van der Waals surface area contributed by atoms with Crippen LogP contribution >= 0.6 is 0 Å². The Balaban J connectivity index is 0.000000250. The van der Waals surface area contributed by atoms with Crippen LogP contribution in [0.15, 0.2) is 146 Å². The number of fused-ring (bicyclic) bond motifs is 24. The molecule has 0 unspecified atom stereocenters. The third-order valence-corrected chi connectivity index (χ3v) is 13.0.